The van der Waals surface area contributed by atoms with Crippen LogP contribution < -0.4 is 5.32 Å². The third-order valence-corrected chi connectivity index (χ3v) is 5.86. The maximum Gasteiger partial charge on any atom is 0.247 e. The summed E-state index contributed by atoms with van der Waals surface area (Å²) < 4.78 is 2.40. The molecular weight excluding hydrogens is 310 g/mol. The van der Waals surface area contributed by atoms with Crippen LogP contribution in [-0.4, -0.2) is 52.6 Å². The lowest BCUT2D eigenvalue weighted by atomic mass is 10.3. The summed E-state index contributed by atoms with van der Waals surface area (Å²) in [5.41, 5.74) is 0.764. The van der Waals surface area contributed by atoms with Crippen LogP contribution in [0.15, 0.2) is 41.8 Å². The van der Waals surface area contributed by atoms with Gasteiger partial charge in [-0.2, -0.15) is 0 Å². The maximum absolute atomic E-state index is 11.4. The quantitative estimate of drug-likeness (QED) is 0.680. The van der Waals surface area contributed by atoms with E-state index in [1.807, 2.05) is 29.2 Å². The molecule has 0 aromatic heterocycles. The standard InChI is InChI=1S/C17H23N3O2S/c1-4-17(22)18-15-6-8-16(9-7-15)23(5-2)20-12-10-19(11-13-20)14(3)21/h4-9H,1,10-13H2,2-3H3,(H,18,22). The molecule has 0 aliphatic carbocycles. The molecule has 1 aromatic rings. The van der Waals surface area contributed by atoms with E-state index in [1.165, 1.54) is 11.0 Å². The second-order valence-corrected chi connectivity index (χ2v) is 7.29. The normalized spacial score (nSPS) is 16.9. The molecule has 6 heteroatoms. The highest BCUT2D eigenvalue weighted by molar-refractivity contribution is 8.13. The van der Waals surface area contributed by atoms with E-state index in [0.29, 0.717) is 0 Å². The maximum atomic E-state index is 11.4. The highest BCUT2D eigenvalue weighted by Gasteiger charge is 2.20. The number of amides is 2. The number of hydrogen-bond donors (Lipinski definition) is 1. The number of piperazine rings is 1. The predicted octanol–water partition coefficient (Wildman–Crippen LogP) is 2.34. The van der Waals surface area contributed by atoms with Crippen molar-refractivity contribution in [2.45, 2.75) is 18.7 Å². The van der Waals surface area contributed by atoms with Crippen molar-refractivity contribution in [3.63, 3.8) is 0 Å². The topological polar surface area (TPSA) is 52.7 Å². The Morgan fingerprint density at radius 1 is 1.17 bits per heavy atom. The average molecular weight is 333 g/mol. The highest BCUT2D eigenvalue weighted by Crippen LogP contribution is 2.32. The molecule has 1 N–H and O–H groups in total. The molecule has 1 aromatic carbocycles. The second kappa shape index (κ2) is 8.08. The third kappa shape index (κ3) is 4.53. The largest absolute Gasteiger partial charge is 0.340 e. The first-order chi connectivity index (χ1) is 11.0. The highest BCUT2D eigenvalue weighted by atomic mass is 32.2. The third-order valence-electron chi connectivity index (χ3n) is 3.73. The number of benzene rings is 1. The molecule has 2 rings (SSSR count). The van der Waals surface area contributed by atoms with Crippen molar-refractivity contribution >= 4 is 33.5 Å². The Bertz CT molecular complexity index is 617. The van der Waals surface area contributed by atoms with Gasteiger partial charge in [0.25, 0.3) is 0 Å². The fourth-order valence-electron chi connectivity index (χ4n) is 2.50. The van der Waals surface area contributed by atoms with Gasteiger partial charge in [0.2, 0.25) is 11.8 Å². The molecule has 1 saturated heterocycles. The molecule has 2 amide bonds. The molecule has 124 valence electrons. The lowest BCUT2D eigenvalue weighted by molar-refractivity contribution is -0.129. The van der Waals surface area contributed by atoms with Gasteiger partial charge in [0.15, 0.2) is 0 Å². The minimum Gasteiger partial charge on any atom is -0.340 e. The number of carbonyl (C=O) groups excluding carboxylic acids is 2. The number of nitrogens with zero attached hydrogens (tertiary/aromatic N) is 2. The molecule has 1 atom stereocenters. The number of nitrogens with one attached hydrogen (secondary N) is 1. The molecule has 1 aliphatic rings. The van der Waals surface area contributed by atoms with Gasteiger partial charge in [-0.3, -0.25) is 9.59 Å². The first-order valence-electron chi connectivity index (χ1n) is 7.61. The van der Waals surface area contributed by atoms with Gasteiger partial charge in [-0.25, -0.2) is 4.31 Å². The molecule has 0 spiro atoms. The zero-order chi connectivity index (χ0) is 16.8. The minimum absolute atomic E-state index is 0.0947. The molecule has 0 bridgehead atoms. The van der Waals surface area contributed by atoms with Crippen LogP contribution in [0.5, 0.6) is 0 Å². The molecule has 1 heterocycles. The van der Waals surface area contributed by atoms with Gasteiger partial charge < -0.3 is 10.2 Å². The van der Waals surface area contributed by atoms with E-state index in [-0.39, 0.29) is 22.5 Å². The summed E-state index contributed by atoms with van der Waals surface area (Å²) in [5, 5.41) is 4.95. The summed E-state index contributed by atoms with van der Waals surface area (Å²) in [5.74, 6) is -0.0634. The van der Waals surface area contributed by atoms with E-state index < -0.39 is 0 Å². The van der Waals surface area contributed by atoms with E-state index in [1.54, 1.807) is 6.92 Å². The van der Waals surface area contributed by atoms with Crippen LogP contribution in [0.4, 0.5) is 5.69 Å². The van der Waals surface area contributed by atoms with Crippen LogP contribution in [0.2, 0.25) is 0 Å². The minimum atomic E-state index is -0.209. The van der Waals surface area contributed by atoms with E-state index in [2.05, 4.69) is 28.5 Å². The smallest absolute Gasteiger partial charge is 0.247 e. The van der Waals surface area contributed by atoms with Crippen LogP contribution in [0.25, 0.3) is 0 Å². The van der Waals surface area contributed by atoms with Crippen molar-refractivity contribution in [3.8, 4) is 0 Å². The monoisotopic (exact) mass is 333 g/mol. The number of hydrogen-bond acceptors (Lipinski definition) is 3. The van der Waals surface area contributed by atoms with Crippen molar-refractivity contribution < 1.29 is 9.59 Å². The Balaban J connectivity index is 2.05. The summed E-state index contributed by atoms with van der Waals surface area (Å²) in [7, 11) is -0.0947. The number of carbonyl (C=O) groups is 2. The van der Waals surface area contributed by atoms with Gasteiger partial charge in [0.05, 0.1) is 0 Å². The fraction of sp³-hybridized carbons (Fsp3) is 0.353. The number of anilines is 1. The van der Waals surface area contributed by atoms with E-state index >= 15 is 0 Å². The van der Waals surface area contributed by atoms with E-state index in [0.717, 1.165) is 31.9 Å². The van der Waals surface area contributed by atoms with Crippen molar-refractivity contribution in [2.24, 2.45) is 0 Å². The van der Waals surface area contributed by atoms with Gasteiger partial charge in [0, 0.05) is 43.7 Å². The molecular formula is C17H23N3O2S. The van der Waals surface area contributed by atoms with Gasteiger partial charge in [0.1, 0.15) is 0 Å². The number of rotatable bonds is 4. The lowest BCUT2D eigenvalue weighted by Gasteiger charge is -2.36. The van der Waals surface area contributed by atoms with Gasteiger partial charge in [-0.05, 0) is 42.6 Å². The summed E-state index contributed by atoms with van der Waals surface area (Å²) in [6.07, 6.45) is 1.26. The van der Waals surface area contributed by atoms with Crippen molar-refractivity contribution in [2.75, 3.05) is 31.5 Å². The molecule has 1 unspecified atom stereocenters. The Hall–Kier alpha value is -1.92. The Morgan fingerprint density at radius 2 is 1.78 bits per heavy atom. The lowest BCUT2D eigenvalue weighted by Crippen LogP contribution is -2.46. The van der Waals surface area contributed by atoms with Gasteiger partial charge in [-0.1, -0.05) is 17.2 Å². The van der Waals surface area contributed by atoms with Crippen LogP contribution >= 0.6 is 10.7 Å². The molecule has 1 aliphatic heterocycles. The predicted molar refractivity (Wildman–Crippen MR) is 96.7 cm³/mol. The molecule has 0 radical (unpaired) electrons. The van der Waals surface area contributed by atoms with Crippen molar-refractivity contribution in [1.82, 2.24) is 9.21 Å². The summed E-state index contributed by atoms with van der Waals surface area (Å²) in [6, 6.07) is 7.90. The first-order valence-corrected chi connectivity index (χ1v) is 8.86. The van der Waals surface area contributed by atoms with Crippen LogP contribution in [0, 0.1) is 0 Å². The summed E-state index contributed by atoms with van der Waals surface area (Å²) >= 11 is 0. The Labute approximate surface area is 140 Å². The van der Waals surface area contributed by atoms with Crippen LogP contribution in [-0.2, 0) is 9.59 Å². The van der Waals surface area contributed by atoms with E-state index in [9.17, 15) is 9.59 Å². The zero-order valence-corrected chi connectivity index (χ0v) is 14.4. The molecule has 1 fully saturated rings. The van der Waals surface area contributed by atoms with Crippen molar-refractivity contribution in [3.05, 3.63) is 36.9 Å². The first kappa shape index (κ1) is 17.4. The molecule has 23 heavy (non-hydrogen) atoms. The average Bonchev–Trinajstić information content (AvgIpc) is 2.57. The van der Waals surface area contributed by atoms with Gasteiger partial charge >= 0.3 is 0 Å². The molecule has 5 nitrogen and oxygen atoms in total. The van der Waals surface area contributed by atoms with Gasteiger partial charge in [-0.15, -0.1) is 0 Å². The summed E-state index contributed by atoms with van der Waals surface area (Å²) in [6.45, 7) is 10.4. The fourth-order valence-corrected chi connectivity index (χ4v) is 4.34. The van der Waals surface area contributed by atoms with Crippen molar-refractivity contribution in [1.29, 1.82) is 0 Å². The Morgan fingerprint density at radius 3 is 2.26 bits per heavy atom. The SMILES string of the molecule is C=CC(=O)Nc1ccc(S(=CC)N2CCN(C(C)=O)CC2)cc1. The van der Waals surface area contributed by atoms with Crippen LogP contribution in [0.3, 0.4) is 0 Å². The molecule has 0 saturated carbocycles. The summed E-state index contributed by atoms with van der Waals surface area (Å²) in [4.78, 5) is 25.8. The zero-order valence-electron chi connectivity index (χ0n) is 13.6. The van der Waals surface area contributed by atoms with E-state index in [4.69, 9.17) is 0 Å². The second-order valence-electron chi connectivity index (χ2n) is 5.20. The van der Waals surface area contributed by atoms with Crippen LogP contribution in [0.1, 0.15) is 13.8 Å². The Kier molecular flexibility index (Phi) is 6.12.